The molecule has 1 saturated heterocycles. The van der Waals surface area contributed by atoms with Gasteiger partial charge in [0.1, 0.15) is 5.41 Å². The largest absolute Gasteiger partial charge is 0.373 e. The predicted octanol–water partition coefficient (Wildman–Crippen LogP) is 3.66. The lowest BCUT2D eigenvalue weighted by atomic mass is 9.73. The highest BCUT2D eigenvalue weighted by atomic mass is 16.2. The van der Waals surface area contributed by atoms with Crippen LogP contribution in [-0.4, -0.2) is 36.3 Å². The van der Waals surface area contributed by atoms with Crippen molar-refractivity contribution in [3.63, 3.8) is 0 Å². The molecule has 31 heavy (non-hydrogen) atoms. The summed E-state index contributed by atoms with van der Waals surface area (Å²) in [6, 6.07) is 20.3. The number of carbonyl (C=O) groups excluding carboxylic acids is 3. The molecule has 2 atom stereocenters. The van der Waals surface area contributed by atoms with Gasteiger partial charge in [0, 0.05) is 25.7 Å². The standard InChI is InChI=1S/C25H23N3O3/c1-16(17-8-4-3-5-9-17)28-23(30)25(22(29)26-24(28)31)14-20-19-11-7-6-10-18(19)12-13-21(20)27(2)15-25/h3-13,16H,14-15H2,1-2H3,(H,26,29,31). The third kappa shape index (κ3) is 2.82. The molecule has 5 rings (SSSR count). The number of hydrogen-bond acceptors (Lipinski definition) is 4. The van der Waals surface area contributed by atoms with Gasteiger partial charge in [-0.25, -0.2) is 4.79 Å². The molecule has 0 aliphatic carbocycles. The molecule has 3 aromatic rings. The Balaban J connectivity index is 1.62. The summed E-state index contributed by atoms with van der Waals surface area (Å²) in [6.45, 7) is 2.03. The van der Waals surface area contributed by atoms with E-state index in [0.717, 1.165) is 27.6 Å². The molecule has 6 heteroatoms. The predicted molar refractivity (Wildman–Crippen MR) is 119 cm³/mol. The molecule has 0 saturated carbocycles. The van der Waals surface area contributed by atoms with Crippen molar-refractivity contribution in [3.05, 3.63) is 77.9 Å². The molecule has 2 unspecified atom stereocenters. The topological polar surface area (TPSA) is 69.7 Å². The zero-order valence-electron chi connectivity index (χ0n) is 17.5. The second kappa shape index (κ2) is 6.94. The smallest absolute Gasteiger partial charge is 0.331 e. The molecule has 1 spiro atoms. The summed E-state index contributed by atoms with van der Waals surface area (Å²) in [7, 11) is 1.89. The molecular formula is C25H23N3O3. The van der Waals surface area contributed by atoms with Crippen LogP contribution in [0.3, 0.4) is 0 Å². The lowest BCUT2D eigenvalue weighted by Crippen LogP contribution is -2.68. The number of benzene rings is 3. The maximum atomic E-state index is 13.8. The number of carbonyl (C=O) groups is 3. The second-order valence-electron chi connectivity index (χ2n) is 8.42. The zero-order chi connectivity index (χ0) is 21.8. The fraction of sp³-hybridized carbons (Fsp3) is 0.240. The normalized spacial score (nSPS) is 21.9. The Morgan fingerprint density at radius 2 is 1.65 bits per heavy atom. The highest BCUT2D eigenvalue weighted by Gasteiger charge is 2.57. The second-order valence-corrected chi connectivity index (χ2v) is 8.42. The van der Waals surface area contributed by atoms with Gasteiger partial charge >= 0.3 is 6.03 Å². The highest BCUT2D eigenvalue weighted by molar-refractivity contribution is 6.20. The molecule has 2 aliphatic heterocycles. The first-order valence-corrected chi connectivity index (χ1v) is 10.4. The maximum absolute atomic E-state index is 13.8. The molecule has 0 bridgehead atoms. The first-order valence-electron chi connectivity index (χ1n) is 10.4. The van der Waals surface area contributed by atoms with Crippen LogP contribution in [0.15, 0.2) is 66.7 Å². The van der Waals surface area contributed by atoms with E-state index < -0.39 is 29.3 Å². The number of fused-ring (bicyclic) bond motifs is 3. The zero-order valence-corrected chi connectivity index (χ0v) is 17.5. The Morgan fingerprint density at radius 3 is 2.42 bits per heavy atom. The van der Waals surface area contributed by atoms with Gasteiger partial charge in [0.25, 0.3) is 0 Å². The molecular weight excluding hydrogens is 390 g/mol. The number of urea groups is 1. The quantitative estimate of drug-likeness (QED) is 0.651. The number of anilines is 1. The van der Waals surface area contributed by atoms with Crippen molar-refractivity contribution in [2.24, 2.45) is 5.41 Å². The number of nitrogens with zero attached hydrogens (tertiary/aromatic N) is 2. The van der Waals surface area contributed by atoms with Crippen LogP contribution >= 0.6 is 0 Å². The number of hydrogen-bond donors (Lipinski definition) is 1. The lowest BCUT2D eigenvalue weighted by Gasteiger charge is -2.46. The molecule has 2 heterocycles. The van der Waals surface area contributed by atoms with E-state index in [4.69, 9.17) is 0 Å². The van der Waals surface area contributed by atoms with Gasteiger partial charge in [0.05, 0.1) is 6.04 Å². The van der Waals surface area contributed by atoms with Gasteiger partial charge in [-0.3, -0.25) is 19.8 Å². The van der Waals surface area contributed by atoms with E-state index in [-0.39, 0.29) is 13.0 Å². The van der Waals surface area contributed by atoms with E-state index in [1.165, 1.54) is 4.90 Å². The van der Waals surface area contributed by atoms with Gasteiger partial charge in [-0.2, -0.15) is 0 Å². The minimum Gasteiger partial charge on any atom is -0.373 e. The van der Waals surface area contributed by atoms with Gasteiger partial charge in [0.15, 0.2) is 0 Å². The van der Waals surface area contributed by atoms with E-state index >= 15 is 0 Å². The van der Waals surface area contributed by atoms with Crippen LogP contribution in [0.1, 0.15) is 24.1 Å². The number of barbiturate groups is 1. The first-order chi connectivity index (χ1) is 14.9. The Hall–Kier alpha value is -3.67. The average molecular weight is 413 g/mol. The third-order valence-electron chi connectivity index (χ3n) is 6.58. The minimum absolute atomic E-state index is 0.217. The number of nitrogens with one attached hydrogen (secondary N) is 1. The summed E-state index contributed by atoms with van der Waals surface area (Å²) < 4.78 is 0. The van der Waals surface area contributed by atoms with Crippen molar-refractivity contribution >= 4 is 34.3 Å². The van der Waals surface area contributed by atoms with Gasteiger partial charge in [-0.1, -0.05) is 60.7 Å². The molecule has 6 nitrogen and oxygen atoms in total. The molecule has 1 N–H and O–H groups in total. The fourth-order valence-corrected chi connectivity index (χ4v) is 4.94. The Morgan fingerprint density at radius 1 is 0.935 bits per heavy atom. The van der Waals surface area contributed by atoms with Crippen molar-refractivity contribution in [3.8, 4) is 0 Å². The van der Waals surface area contributed by atoms with Crippen molar-refractivity contribution in [1.82, 2.24) is 10.2 Å². The lowest BCUT2D eigenvalue weighted by molar-refractivity contribution is -0.152. The molecule has 4 amide bonds. The molecule has 156 valence electrons. The van der Waals surface area contributed by atoms with E-state index in [2.05, 4.69) is 11.4 Å². The summed E-state index contributed by atoms with van der Waals surface area (Å²) in [5, 5.41) is 4.55. The molecule has 2 aliphatic rings. The maximum Gasteiger partial charge on any atom is 0.331 e. The summed E-state index contributed by atoms with van der Waals surface area (Å²) in [5.74, 6) is -0.965. The van der Waals surface area contributed by atoms with Gasteiger partial charge in [0.2, 0.25) is 11.8 Å². The van der Waals surface area contributed by atoms with Crippen LogP contribution in [0, 0.1) is 5.41 Å². The van der Waals surface area contributed by atoms with Crippen LogP contribution in [0.4, 0.5) is 10.5 Å². The number of rotatable bonds is 2. The molecule has 0 aromatic heterocycles. The van der Waals surface area contributed by atoms with Crippen LogP contribution in [0.25, 0.3) is 10.8 Å². The van der Waals surface area contributed by atoms with Gasteiger partial charge in [-0.05, 0) is 34.9 Å². The molecule has 3 aromatic carbocycles. The van der Waals surface area contributed by atoms with E-state index in [9.17, 15) is 14.4 Å². The van der Waals surface area contributed by atoms with Gasteiger partial charge in [-0.15, -0.1) is 0 Å². The van der Waals surface area contributed by atoms with E-state index in [1.807, 2.05) is 79.5 Å². The van der Waals surface area contributed by atoms with Crippen LogP contribution in [-0.2, 0) is 16.0 Å². The van der Waals surface area contributed by atoms with E-state index in [0.29, 0.717) is 0 Å². The minimum atomic E-state index is -1.36. The summed E-state index contributed by atoms with van der Waals surface area (Å²) in [5.41, 5.74) is 1.44. The van der Waals surface area contributed by atoms with Crippen molar-refractivity contribution in [2.75, 3.05) is 18.5 Å². The fourth-order valence-electron chi connectivity index (χ4n) is 4.94. The summed E-state index contributed by atoms with van der Waals surface area (Å²) in [6.07, 6.45) is 0.254. The van der Waals surface area contributed by atoms with Crippen LogP contribution in [0.2, 0.25) is 0 Å². The number of imide groups is 2. The Kier molecular flexibility index (Phi) is 4.32. The monoisotopic (exact) mass is 413 g/mol. The van der Waals surface area contributed by atoms with Crippen LogP contribution in [0.5, 0.6) is 0 Å². The molecule has 0 radical (unpaired) electrons. The average Bonchev–Trinajstić information content (AvgIpc) is 2.78. The third-order valence-corrected chi connectivity index (χ3v) is 6.58. The van der Waals surface area contributed by atoms with Crippen LogP contribution < -0.4 is 10.2 Å². The number of amides is 4. The Labute approximate surface area is 180 Å². The molecule has 1 fully saturated rings. The SMILES string of the molecule is CC(c1ccccc1)N1C(=O)NC(=O)C2(Cc3c(ccc4ccccc34)N(C)C2)C1=O. The Bertz CT molecular complexity index is 1220. The summed E-state index contributed by atoms with van der Waals surface area (Å²) >= 11 is 0. The van der Waals surface area contributed by atoms with Crippen molar-refractivity contribution in [2.45, 2.75) is 19.4 Å². The summed E-state index contributed by atoms with van der Waals surface area (Å²) in [4.78, 5) is 42.9. The van der Waals surface area contributed by atoms with Crippen molar-refractivity contribution in [1.29, 1.82) is 0 Å². The first kappa shape index (κ1) is 19.3. The highest BCUT2D eigenvalue weighted by Crippen LogP contribution is 2.43. The van der Waals surface area contributed by atoms with Gasteiger partial charge < -0.3 is 4.90 Å². The van der Waals surface area contributed by atoms with Crippen molar-refractivity contribution < 1.29 is 14.4 Å². The van der Waals surface area contributed by atoms with E-state index in [1.54, 1.807) is 0 Å².